The minimum absolute atomic E-state index is 0.0593. The Bertz CT molecular complexity index is 408. The predicted octanol–water partition coefficient (Wildman–Crippen LogP) is 1.48. The lowest BCUT2D eigenvalue weighted by Gasteiger charge is -2.03. The lowest BCUT2D eigenvalue weighted by atomic mass is 10.2. The summed E-state index contributed by atoms with van der Waals surface area (Å²) in [6.45, 7) is 4.23. The second-order valence-electron chi connectivity index (χ2n) is 3.29. The molecule has 1 rings (SSSR count). The maximum absolute atomic E-state index is 10.7. The highest BCUT2D eigenvalue weighted by Gasteiger charge is 2.15. The number of aliphatic carboxylic acids is 1. The zero-order chi connectivity index (χ0) is 12.1. The molecule has 0 saturated heterocycles. The molecule has 1 heterocycles. The summed E-state index contributed by atoms with van der Waals surface area (Å²) >= 11 is 0. The molecular formula is C11H16N2O3. The quantitative estimate of drug-likeness (QED) is 0.822. The van der Waals surface area contributed by atoms with E-state index in [0.717, 1.165) is 0 Å². The Morgan fingerprint density at radius 2 is 2.31 bits per heavy atom. The SMILES string of the molecule is C/C=C\c1nc(OCC)n(C)c1CC(=O)O. The van der Waals surface area contributed by atoms with Crippen molar-refractivity contribution in [2.75, 3.05) is 6.61 Å². The fourth-order valence-corrected chi connectivity index (χ4v) is 1.43. The van der Waals surface area contributed by atoms with Gasteiger partial charge in [-0.15, -0.1) is 0 Å². The lowest BCUT2D eigenvalue weighted by molar-refractivity contribution is -0.136. The van der Waals surface area contributed by atoms with E-state index in [1.165, 1.54) is 0 Å². The van der Waals surface area contributed by atoms with Crippen LogP contribution in [0.15, 0.2) is 6.08 Å². The van der Waals surface area contributed by atoms with Crippen molar-refractivity contribution in [2.45, 2.75) is 20.3 Å². The van der Waals surface area contributed by atoms with Crippen LogP contribution in [0.1, 0.15) is 25.2 Å². The van der Waals surface area contributed by atoms with Crippen LogP contribution < -0.4 is 4.74 Å². The van der Waals surface area contributed by atoms with E-state index in [2.05, 4.69) is 4.98 Å². The first-order chi connectivity index (χ1) is 7.60. The molecule has 88 valence electrons. The van der Waals surface area contributed by atoms with Crippen molar-refractivity contribution in [3.63, 3.8) is 0 Å². The first-order valence-corrected chi connectivity index (χ1v) is 5.13. The number of carbonyl (C=O) groups is 1. The van der Waals surface area contributed by atoms with Gasteiger partial charge in [0.25, 0.3) is 6.01 Å². The molecule has 0 saturated carbocycles. The van der Waals surface area contributed by atoms with Crippen LogP contribution in [0.3, 0.4) is 0 Å². The van der Waals surface area contributed by atoms with E-state index >= 15 is 0 Å². The monoisotopic (exact) mass is 224 g/mol. The van der Waals surface area contributed by atoms with Gasteiger partial charge in [-0.1, -0.05) is 6.08 Å². The summed E-state index contributed by atoms with van der Waals surface area (Å²) in [6, 6.07) is 0.451. The minimum atomic E-state index is -0.878. The number of carboxylic acid groups (broad SMARTS) is 1. The van der Waals surface area contributed by atoms with Crippen LogP contribution in [-0.4, -0.2) is 27.2 Å². The van der Waals surface area contributed by atoms with Crippen LogP contribution in [0.25, 0.3) is 6.08 Å². The van der Waals surface area contributed by atoms with Gasteiger partial charge >= 0.3 is 5.97 Å². The highest BCUT2D eigenvalue weighted by atomic mass is 16.5. The summed E-state index contributed by atoms with van der Waals surface area (Å²) in [5, 5.41) is 8.82. The van der Waals surface area contributed by atoms with Crippen LogP contribution in [-0.2, 0) is 18.3 Å². The molecule has 0 bridgehead atoms. The Morgan fingerprint density at radius 1 is 1.62 bits per heavy atom. The van der Waals surface area contributed by atoms with E-state index in [4.69, 9.17) is 9.84 Å². The summed E-state index contributed by atoms with van der Waals surface area (Å²) in [7, 11) is 1.75. The van der Waals surface area contributed by atoms with Crippen LogP contribution in [0.5, 0.6) is 6.01 Å². The van der Waals surface area contributed by atoms with Crippen LogP contribution in [0.2, 0.25) is 0 Å². The molecule has 16 heavy (non-hydrogen) atoms. The number of hydrogen-bond donors (Lipinski definition) is 1. The van der Waals surface area contributed by atoms with E-state index in [0.29, 0.717) is 24.0 Å². The Morgan fingerprint density at radius 3 is 2.81 bits per heavy atom. The normalized spacial score (nSPS) is 10.9. The highest BCUT2D eigenvalue weighted by Crippen LogP contribution is 2.18. The molecule has 0 amide bonds. The average molecular weight is 224 g/mol. The van der Waals surface area contributed by atoms with Gasteiger partial charge in [0.15, 0.2) is 0 Å². The second kappa shape index (κ2) is 5.34. The van der Waals surface area contributed by atoms with E-state index in [1.54, 1.807) is 17.7 Å². The van der Waals surface area contributed by atoms with Gasteiger partial charge in [-0.05, 0) is 19.9 Å². The molecular weight excluding hydrogens is 208 g/mol. The number of aromatic nitrogens is 2. The maximum Gasteiger partial charge on any atom is 0.309 e. The van der Waals surface area contributed by atoms with Gasteiger partial charge in [-0.2, -0.15) is 4.98 Å². The fourth-order valence-electron chi connectivity index (χ4n) is 1.43. The Hall–Kier alpha value is -1.78. The van der Waals surface area contributed by atoms with E-state index in [9.17, 15) is 4.79 Å². The van der Waals surface area contributed by atoms with Gasteiger partial charge in [0.05, 0.1) is 24.4 Å². The largest absolute Gasteiger partial charge is 0.481 e. The zero-order valence-corrected chi connectivity index (χ0v) is 9.73. The Balaban J connectivity index is 3.14. The number of nitrogens with zero attached hydrogens (tertiary/aromatic N) is 2. The second-order valence-corrected chi connectivity index (χ2v) is 3.29. The minimum Gasteiger partial charge on any atom is -0.481 e. The lowest BCUT2D eigenvalue weighted by Crippen LogP contribution is -2.07. The van der Waals surface area contributed by atoms with E-state index < -0.39 is 5.97 Å². The molecule has 0 unspecified atom stereocenters. The van der Waals surface area contributed by atoms with Gasteiger partial charge in [0.1, 0.15) is 0 Å². The fraction of sp³-hybridized carbons (Fsp3) is 0.455. The molecule has 0 spiro atoms. The number of ether oxygens (including phenoxy) is 1. The summed E-state index contributed by atoms with van der Waals surface area (Å²) in [5.41, 5.74) is 1.30. The average Bonchev–Trinajstić information content (AvgIpc) is 2.47. The van der Waals surface area contributed by atoms with Crippen molar-refractivity contribution in [3.8, 4) is 6.01 Å². The number of imidazole rings is 1. The molecule has 0 radical (unpaired) electrons. The Kier molecular flexibility index (Phi) is 4.10. The molecule has 0 aliphatic carbocycles. The number of carboxylic acids is 1. The van der Waals surface area contributed by atoms with Crippen molar-refractivity contribution in [1.29, 1.82) is 0 Å². The molecule has 0 fully saturated rings. The van der Waals surface area contributed by atoms with Crippen LogP contribution in [0.4, 0.5) is 0 Å². The zero-order valence-electron chi connectivity index (χ0n) is 9.73. The molecule has 5 heteroatoms. The van der Waals surface area contributed by atoms with Gasteiger partial charge in [-0.25, -0.2) is 0 Å². The third-order valence-corrected chi connectivity index (χ3v) is 2.12. The van der Waals surface area contributed by atoms with E-state index in [1.807, 2.05) is 19.9 Å². The van der Waals surface area contributed by atoms with Crippen molar-refractivity contribution >= 4 is 12.0 Å². The van der Waals surface area contributed by atoms with Crippen molar-refractivity contribution in [1.82, 2.24) is 9.55 Å². The van der Waals surface area contributed by atoms with E-state index in [-0.39, 0.29) is 6.42 Å². The van der Waals surface area contributed by atoms with Crippen molar-refractivity contribution in [3.05, 3.63) is 17.5 Å². The predicted molar refractivity (Wildman–Crippen MR) is 60.4 cm³/mol. The number of allylic oxidation sites excluding steroid dienone is 1. The summed E-state index contributed by atoms with van der Waals surface area (Å²) in [4.78, 5) is 15.0. The topological polar surface area (TPSA) is 64.4 Å². The number of rotatable bonds is 5. The van der Waals surface area contributed by atoms with Gasteiger partial charge in [0, 0.05) is 7.05 Å². The molecule has 1 aromatic heterocycles. The first-order valence-electron chi connectivity index (χ1n) is 5.13. The molecule has 1 N–H and O–H groups in total. The molecule has 0 atom stereocenters. The summed E-state index contributed by atoms with van der Waals surface area (Å²) in [6.07, 6.45) is 3.54. The first kappa shape index (κ1) is 12.3. The summed E-state index contributed by atoms with van der Waals surface area (Å²) < 4.78 is 6.98. The van der Waals surface area contributed by atoms with Gasteiger partial charge < -0.3 is 14.4 Å². The van der Waals surface area contributed by atoms with Gasteiger partial charge in [0.2, 0.25) is 0 Å². The Labute approximate surface area is 94.4 Å². The van der Waals surface area contributed by atoms with Crippen LogP contribution >= 0.6 is 0 Å². The number of hydrogen-bond acceptors (Lipinski definition) is 3. The van der Waals surface area contributed by atoms with Crippen LogP contribution in [0, 0.1) is 0 Å². The third-order valence-electron chi connectivity index (χ3n) is 2.12. The molecule has 0 aromatic carbocycles. The highest BCUT2D eigenvalue weighted by molar-refractivity contribution is 5.71. The molecule has 1 aromatic rings. The summed E-state index contributed by atoms with van der Waals surface area (Å²) in [5.74, 6) is -0.878. The molecule has 5 nitrogen and oxygen atoms in total. The van der Waals surface area contributed by atoms with Gasteiger partial charge in [-0.3, -0.25) is 4.79 Å². The van der Waals surface area contributed by atoms with Crippen molar-refractivity contribution in [2.24, 2.45) is 7.05 Å². The molecule has 0 aliphatic rings. The van der Waals surface area contributed by atoms with Crippen molar-refractivity contribution < 1.29 is 14.6 Å². The molecule has 0 aliphatic heterocycles. The maximum atomic E-state index is 10.7. The smallest absolute Gasteiger partial charge is 0.309 e. The third kappa shape index (κ3) is 2.62. The standard InChI is InChI=1S/C11H16N2O3/c1-4-6-8-9(7-10(14)15)13(3)11(12-8)16-5-2/h4,6H,5,7H2,1-3H3,(H,14,15)/b6-4-.